The monoisotopic (exact) mass is 214 g/mol. The van der Waals surface area contributed by atoms with E-state index in [2.05, 4.69) is 13.8 Å². The van der Waals surface area contributed by atoms with E-state index in [9.17, 15) is 4.79 Å². The van der Waals surface area contributed by atoms with Gasteiger partial charge in [-0.15, -0.1) is 0 Å². The summed E-state index contributed by atoms with van der Waals surface area (Å²) in [6.45, 7) is 5.47. The van der Waals surface area contributed by atoms with Crippen LogP contribution in [-0.2, 0) is 14.3 Å². The third-order valence-corrected chi connectivity index (χ3v) is 2.63. The number of hydrogen-bond donors (Lipinski definition) is 0. The van der Waals surface area contributed by atoms with Gasteiger partial charge >= 0.3 is 5.97 Å². The summed E-state index contributed by atoms with van der Waals surface area (Å²) in [4.78, 5) is 11.3. The highest BCUT2D eigenvalue weighted by Crippen LogP contribution is 2.13. The maximum atomic E-state index is 11.3. The zero-order valence-corrected chi connectivity index (χ0v) is 9.83. The van der Waals surface area contributed by atoms with Gasteiger partial charge in [0.15, 0.2) is 0 Å². The molecular formula is C12H22O3. The SMILES string of the molecule is CC(C)CCC(=O)OC[C@H]1CCCCO1. The van der Waals surface area contributed by atoms with Crippen molar-refractivity contribution in [2.45, 2.75) is 52.1 Å². The van der Waals surface area contributed by atoms with Crippen LogP contribution in [0.3, 0.4) is 0 Å². The molecule has 15 heavy (non-hydrogen) atoms. The van der Waals surface area contributed by atoms with Crippen molar-refractivity contribution in [2.75, 3.05) is 13.2 Å². The summed E-state index contributed by atoms with van der Waals surface area (Å²) in [7, 11) is 0. The molecule has 3 nitrogen and oxygen atoms in total. The minimum absolute atomic E-state index is 0.0853. The molecule has 1 rings (SSSR count). The number of ether oxygens (including phenoxy) is 2. The highest BCUT2D eigenvalue weighted by atomic mass is 16.6. The van der Waals surface area contributed by atoms with Gasteiger partial charge in [-0.2, -0.15) is 0 Å². The van der Waals surface area contributed by atoms with Gasteiger partial charge in [-0.25, -0.2) is 0 Å². The van der Waals surface area contributed by atoms with E-state index in [1.54, 1.807) is 0 Å². The van der Waals surface area contributed by atoms with Gasteiger partial charge in [-0.05, 0) is 31.6 Å². The quantitative estimate of drug-likeness (QED) is 0.660. The second kappa shape index (κ2) is 6.83. The first-order valence-corrected chi connectivity index (χ1v) is 5.95. The molecule has 0 unspecified atom stereocenters. The molecule has 0 bridgehead atoms. The van der Waals surface area contributed by atoms with Crippen molar-refractivity contribution in [1.82, 2.24) is 0 Å². The molecule has 1 aliphatic rings. The van der Waals surface area contributed by atoms with E-state index < -0.39 is 0 Å². The van der Waals surface area contributed by atoms with Crippen LogP contribution in [0.2, 0.25) is 0 Å². The van der Waals surface area contributed by atoms with Crippen LogP contribution in [0.25, 0.3) is 0 Å². The molecular weight excluding hydrogens is 192 g/mol. The molecule has 0 aromatic heterocycles. The van der Waals surface area contributed by atoms with E-state index in [0.717, 1.165) is 25.9 Å². The van der Waals surface area contributed by atoms with Gasteiger partial charge in [0, 0.05) is 13.0 Å². The number of esters is 1. The Kier molecular flexibility index (Phi) is 5.69. The van der Waals surface area contributed by atoms with Crippen molar-refractivity contribution in [3.63, 3.8) is 0 Å². The minimum atomic E-state index is -0.0853. The Bertz CT molecular complexity index is 183. The number of carbonyl (C=O) groups excluding carboxylic acids is 1. The zero-order valence-electron chi connectivity index (χ0n) is 9.83. The summed E-state index contributed by atoms with van der Waals surface area (Å²) in [6, 6.07) is 0. The highest BCUT2D eigenvalue weighted by Gasteiger charge is 2.15. The molecule has 0 N–H and O–H groups in total. The number of rotatable bonds is 5. The Morgan fingerprint density at radius 2 is 2.27 bits per heavy atom. The van der Waals surface area contributed by atoms with Crippen molar-refractivity contribution in [2.24, 2.45) is 5.92 Å². The van der Waals surface area contributed by atoms with Crippen molar-refractivity contribution in [1.29, 1.82) is 0 Å². The van der Waals surface area contributed by atoms with Crippen LogP contribution in [0.5, 0.6) is 0 Å². The molecule has 1 atom stereocenters. The molecule has 1 fully saturated rings. The van der Waals surface area contributed by atoms with Crippen LogP contribution in [0.1, 0.15) is 46.0 Å². The zero-order chi connectivity index (χ0) is 11.1. The second-order valence-electron chi connectivity index (χ2n) is 4.60. The van der Waals surface area contributed by atoms with E-state index in [1.807, 2.05) is 0 Å². The van der Waals surface area contributed by atoms with Crippen molar-refractivity contribution >= 4 is 5.97 Å². The lowest BCUT2D eigenvalue weighted by Crippen LogP contribution is -2.25. The fraction of sp³-hybridized carbons (Fsp3) is 0.917. The lowest BCUT2D eigenvalue weighted by Gasteiger charge is -2.22. The maximum Gasteiger partial charge on any atom is 0.305 e. The van der Waals surface area contributed by atoms with Crippen LogP contribution in [0.4, 0.5) is 0 Å². The van der Waals surface area contributed by atoms with Crippen LogP contribution >= 0.6 is 0 Å². The summed E-state index contributed by atoms with van der Waals surface area (Å²) >= 11 is 0. The third kappa shape index (κ3) is 5.78. The topological polar surface area (TPSA) is 35.5 Å². The molecule has 0 aliphatic carbocycles. The number of carbonyl (C=O) groups is 1. The van der Waals surface area contributed by atoms with Gasteiger partial charge in [0.25, 0.3) is 0 Å². The molecule has 1 aliphatic heterocycles. The lowest BCUT2D eigenvalue weighted by atomic mass is 10.1. The summed E-state index contributed by atoms with van der Waals surface area (Å²) in [5, 5.41) is 0. The van der Waals surface area contributed by atoms with Gasteiger partial charge < -0.3 is 9.47 Å². The largest absolute Gasteiger partial charge is 0.463 e. The Morgan fingerprint density at radius 3 is 2.87 bits per heavy atom. The molecule has 88 valence electrons. The Labute approximate surface area is 92.1 Å². The van der Waals surface area contributed by atoms with Gasteiger partial charge in [-0.3, -0.25) is 4.79 Å². The molecule has 1 heterocycles. The predicted octanol–water partition coefficient (Wildman–Crippen LogP) is 2.53. The fourth-order valence-electron chi connectivity index (χ4n) is 1.60. The van der Waals surface area contributed by atoms with Crippen molar-refractivity contribution in [3.8, 4) is 0 Å². The molecule has 0 saturated carbocycles. The van der Waals surface area contributed by atoms with Crippen LogP contribution in [-0.4, -0.2) is 25.3 Å². The Morgan fingerprint density at radius 1 is 1.47 bits per heavy atom. The van der Waals surface area contributed by atoms with E-state index in [4.69, 9.17) is 9.47 Å². The van der Waals surface area contributed by atoms with Crippen LogP contribution < -0.4 is 0 Å². The summed E-state index contributed by atoms with van der Waals surface area (Å²) < 4.78 is 10.6. The first-order chi connectivity index (χ1) is 7.18. The first-order valence-electron chi connectivity index (χ1n) is 5.95. The Balaban J connectivity index is 2.05. The standard InChI is InChI=1S/C12H22O3/c1-10(2)6-7-12(13)15-9-11-5-3-4-8-14-11/h10-11H,3-9H2,1-2H3/t11-/m1/s1. The predicted molar refractivity (Wildman–Crippen MR) is 58.6 cm³/mol. The Hall–Kier alpha value is -0.570. The smallest absolute Gasteiger partial charge is 0.305 e. The number of hydrogen-bond acceptors (Lipinski definition) is 3. The normalized spacial score (nSPS) is 21.7. The van der Waals surface area contributed by atoms with Gasteiger partial charge in [0.05, 0.1) is 6.10 Å². The van der Waals surface area contributed by atoms with Gasteiger partial charge in [0.2, 0.25) is 0 Å². The summed E-state index contributed by atoms with van der Waals surface area (Å²) in [5.41, 5.74) is 0. The molecule has 0 aromatic rings. The van der Waals surface area contributed by atoms with Crippen LogP contribution in [0, 0.1) is 5.92 Å². The minimum Gasteiger partial charge on any atom is -0.463 e. The van der Waals surface area contributed by atoms with E-state index in [-0.39, 0.29) is 12.1 Å². The molecule has 0 spiro atoms. The molecule has 0 radical (unpaired) electrons. The van der Waals surface area contributed by atoms with E-state index in [0.29, 0.717) is 18.9 Å². The van der Waals surface area contributed by atoms with Crippen molar-refractivity contribution in [3.05, 3.63) is 0 Å². The fourth-order valence-corrected chi connectivity index (χ4v) is 1.60. The van der Waals surface area contributed by atoms with E-state index >= 15 is 0 Å². The van der Waals surface area contributed by atoms with Gasteiger partial charge in [-0.1, -0.05) is 13.8 Å². The van der Waals surface area contributed by atoms with E-state index in [1.165, 1.54) is 6.42 Å². The molecule has 3 heteroatoms. The maximum absolute atomic E-state index is 11.3. The first kappa shape index (κ1) is 12.5. The molecule has 0 amide bonds. The summed E-state index contributed by atoms with van der Waals surface area (Å²) in [5.74, 6) is 0.473. The third-order valence-electron chi connectivity index (χ3n) is 2.63. The van der Waals surface area contributed by atoms with Gasteiger partial charge in [0.1, 0.15) is 6.61 Å². The van der Waals surface area contributed by atoms with Crippen molar-refractivity contribution < 1.29 is 14.3 Å². The van der Waals surface area contributed by atoms with Crippen LogP contribution in [0.15, 0.2) is 0 Å². The average molecular weight is 214 g/mol. The lowest BCUT2D eigenvalue weighted by molar-refractivity contribution is -0.149. The molecule has 0 aromatic carbocycles. The molecule has 1 saturated heterocycles. The summed E-state index contributed by atoms with van der Waals surface area (Å²) in [6.07, 6.45) is 4.93. The second-order valence-corrected chi connectivity index (χ2v) is 4.60. The highest BCUT2D eigenvalue weighted by molar-refractivity contribution is 5.69. The average Bonchev–Trinajstić information content (AvgIpc) is 2.25.